The number of aliphatic hydroxyl groups excluding tert-OH is 4. The van der Waals surface area contributed by atoms with Gasteiger partial charge in [0.2, 0.25) is 0 Å². The Balaban J connectivity index is 0.000000234. The topological polar surface area (TPSA) is 197 Å². The summed E-state index contributed by atoms with van der Waals surface area (Å²) in [5.41, 5.74) is -0.0151. The molecule has 9 aliphatic carbocycles. The molecule has 0 aliphatic heterocycles. The molecule has 0 amide bonds. The highest BCUT2D eigenvalue weighted by Gasteiger charge is 2.60. The first kappa shape index (κ1) is 62.8. The van der Waals surface area contributed by atoms with E-state index in [1.165, 1.54) is 103 Å². The van der Waals surface area contributed by atoms with Gasteiger partial charge in [0, 0.05) is 16.2 Å². The number of carboxylic acid groups (broad SMARTS) is 1. The van der Waals surface area contributed by atoms with Crippen LogP contribution in [-0.4, -0.2) is 93.6 Å². The molecule has 5 N–H and O–H groups in total. The number of carboxylic acids is 1. The zero-order chi connectivity index (χ0) is 57.6. The van der Waals surface area contributed by atoms with Gasteiger partial charge in [-0.05, 0) is 240 Å². The Kier molecular flexibility index (Phi) is 20.0. The van der Waals surface area contributed by atoms with Crippen molar-refractivity contribution in [2.75, 3.05) is 19.8 Å². The highest BCUT2D eigenvalue weighted by molar-refractivity contribution is 5.85. The summed E-state index contributed by atoms with van der Waals surface area (Å²) in [4.78, 5) is 49.2. The number of aliphatic carboxylic acids is 1. The van der Waals surface area contributed by atoms with Crippen molar-refractivity contribution < 1.29 is 58.9 Å². The maximum Gasteiger partial charge on any atom is 0.338 e. The molecule has 0 spiro atoms. The third-order valence-electron chi connectivity index (χ3n) is 25.8. The van der Waals surface area contributed by atoms with Gasteiger partial charge in [-0.3, -0.25) is 0 Å². The molecule has 9 aliphatic rings. The minimum absolute atomic E-state index is 0.140. The van der Waals surface area contributed by atoms with Gasteiger partial charge in [0.25, 0.3) is 0 Å². The third kappa shape index (κ3) is 12.9. The molecule has 12 heteroatoms. The summed E-state index contributed by atoms with van der Waals surface area (Å²) in [6, 6.07) is 0. The Morgan fingerprint density at radius 1 is 0.405 bits per heavy atom. The lowest BCUT2D eigenvalue weighted by Gasteiger charge is -2.61. The summed E-state index contributed by atoms with van der Waals surface area (Å²) in [5, 5.41) is 49.7. The van der Waals surface area contributed by atoms with E-state index >= 15 is 0 Å². The van der Waals surface area contributed by atoms with Gasteiger partial charge in [0.05, 0.1) is 19.8 Å². The quantitative estimate of drug-likeness (QED) is 0.0770. The first-order chi connectivity index (χ1) is 37.2. The van der Waals surface area contributed by atoms with Gasteiger partial charge in [-0.1, -0.05) is 95.4 Å². The molecule has 452 valence electrons. The number of aliphatic hydroxyl groups is 4. The maximum atomic E-state index is 13.2. The first-order valence-electron chi connectivity index (χ1n) is 32.6. The molecular weight excluding hydrogens is 997 g/mol. The smallest absolute Gasteiger partial charge is 0.338 e. The van der Waals surface area contributed by atoms with Gasteiger partial charge in [-0.15, -0.1) is 0 Å². The number of carbonyl (C=O) groups is 4. The number of hydrogen-bond acceptors (Lipinski definition) is 11. The van der Waals surface area contributed by atoms with Crippen molar-refractivity contribution in [1.29, 1.82) is 0 Å². The van der Waals surface area contributed by atoms with E-state index in [-0.39, 0.29) is 46.9 Å². The number of esters is 3. The second kappa shape index (κ2) is 25.1. The molecule has 0 aromatic rings. The van der Waals surface area contributed by atoms with Crippen LogP contribution in [0.25, 0.3) is 0 Å². The Hall–Kier alpha value is -2.28. The predicted octanol–water partition coefficient (Wildman–Crippen LogP) is 12.6. The first-order valence-corrected chi connectivity index (χ1v) is 32.6. The normalized spacial score (nSPS) is 43.3. The molecule has 0 heterocycles. The number of fused-ring (bicyclic) bond motifs is 9. The summed E-state index contributed by atoms with van der Waals surface area (Å²) in [6.45, 7) is 26.5. The molecule has 0 saturated heterocycles. The molecule has 0 aromatic carbocycles. The van der Waals surface area contributed by atoms with Gasteiger partial charge in [0.1, 0.15) is 0 Å². The molecule has 0 aromatic heterocycles. The summed E-state index contributed by atoms with van der Waals surface area (Å²) < 4.78 is 16.9. The fourth-order valence-electron chi connectivity index (χ4n) is 21.2. The van der Waals surface area contributed by atoms with Crippen molar-refractivity contribution in [2.45, 2.75) is 255 Å². The molecule has 12 nitrogen and oxygen atoms in total. The molecular formula is C67H112O12. The van der Waals surface area contributed by atoms with Crippen LogP contribution in [0.1, 0.15) is 230 Å². The summed E-state index contributed by atoms with van der Waals surface area (Å²) in [5.74, 6) is 7.07. The van der Waals surface area contributed by atoms with Crippen LogP contribution in [-0.2, 0) is 33.4 Å². The van der Waals surface area contributed by atoms with Crippen molar-refractivity contribution >= 4 is 23.9 Å². The lowest BCUT2D eigenvalue weighted by molar-refractivity contribution is -0.184. The Labute approximate surface area is 477 Å². The summed E-state index contributed by atoms with van der Waals surface area (Å²) >= 11 is 0. The second-order valence-electron chi connectivity index (χ2n) is 31.2. The van der Waals surface area contributed by atoms with Crippen molar-refractivity contribution in [3.05, 3.63) is 0 Å². The van der Waals surface area contributed by atoms with E-state index in [9.17, 15) is 39.6 Å². The lowest BCUT2D eigenvalue weighted by Crippen LogP contribution is -2.55. The molecule has 9 fully saturated rings. The van der Waals surface area contributed by atoms with E-state index < -0.39 is 48.3 Å². The van der Waals surface area contributed by atoms with Crippen LogP contribution in [0.4, 0.5) is 0 Å². The fraction of sp³-hybridized carbons (Fsp3) is 0.940. The minimum atomic E-state index is -2.16. The SMILES string of the molecule is CC(C)C1CCC2C(CCC3C(C)(COC(=O)C(O)C(O)C(=O)O)CCCC23C)C1.CC(C)C1CCC2C(CCC3C2CCCC3(C)COC(=O)C(O)C(O)C(=O)OCC2(C)CCCC3(C)C4CCC(C(C)C)CC4CCC23)C1. The van der Waals surface area contributed by atoms with Crippen molar-refractivity contribution in [3.8, 4) is 0 Å². The van der Waals surface area contributed by atoms with E-state index in [0.29, 0.717) is 23.7 Å². The summed E-state index contributed by atoms with van der Waals surface area (Å²) in [6.07, 6.45) is 21.2. The molecule has 9 rings (SSSR count). The highest BCUT2D eigenvalue weighted by atomic mass is 16.6. The van der Waals surface area contributed by atoms with Crippen LogP contribution in [0.2, 0.25) is 0 Å². The molecule has 22 atom stereocenters. The van der Waals surface area contributed by atoms with Crippen LogP contribution in [0.3, 0.4) is 0 Å². The Morgan fingerprint density at radius 3 is 1.20 bits per heavy atom. The van der Waals surface area contributed by atoms with Gasteiger partial charge in [-0.2, -0.15) is 0 Å². The molecule has 22 unspecified atom stereocenters. The molecule has 0 radical (unpaired) electrons. The average Bonchev–Trinajstić information content (AvgIpc) is 3.63. The second-order valence-corrected chi connectivity index (χ2v) is 31.2. The summed E-state index contributed by atoms with van der Waals surface area (Å²) in [7, 11) is 0. The lowest BCUT2D eigenvalue weighted by atomic mass is 9.44. The number of ether oxygens (including phenoxy) is 3. The standard InChI is InChI=1S/C43H72O6.C24H40O6/c1-26(2)28-11-15-32-30(22-28)13-17-35-33(32)10-8-19-41(35,5)24-48-39(46)37(44)38(45)40(47)49-25-42(6)20-9-21-43(7)34-16-12-29(27(3)4)23-31(34)14-18-36(42)43;1-14(2)15-6-8-17-16(12-15)7-9-18-23(3,10-5-11-24(17,18)4)13-30-22(29)20(26)19(25)21(27)28/h26-38,44-45H,8-25H2,1-7H3;14-20,25-26H,5-13H2,1-4H3,(H,27,28). The molecule has 9 saturated carbocycles. The van der Waals surface area contributed by atoms with Crippen LogP contribution >= 0.6 is 0 Å². The van der Waals surface area contributed by atoms with E-state index in [1.54, 1.807) is 0 Å². The van der Waals surface area contributed by atoms with E-state index in [0.717, 1.165) is 122 Å². The van der Waals surface area contributed by atoms with Crippen molar-refractivity contribution in [2.24, 2.45) is 122 Å². The zero-order valence-electron chi connectivity index (χ0n) is 51.2. The largest absolute Gasteiger partial charge is 0.479 e. The number of hydrogen-bond donors (Lipinski definition) is 5. The molecule has 79 heavy (non-hydrogen) atoms. The Morgan fingerprint density at radius 2 is 0.772 bits per heavy atom. The van der Waals surface area contributed by atoms with Gasteiger partial charge >= 0.3 is 23.9 Å². The van der Waals surface area contributed by atoms with Gasteiger partial charge < -0.3 is 39.7 Å². The Bertz CT molecular complexity index is 2090. The predicted molar refractivity (Wildman–Crippen MR) is 306 cm³/mol. The molecule has 0 bridgehead atoms. The van der Waals surface area contributed by atoms with Gasteiger partial charge in [0.15, 0.2) is 24.4 Å². The number of carbonyl (C=O) groups excluding carboxylic acids is 3. The van der Waals surface area contributed by atoms with Crippen molar-refractivity contribution in [3.63, 3.8) is 0 Å². The van der Waals surface area contributed by atoms with Gasteiger partial charge in [-0.25, -0.2) is 19.2 Å². The zero-order valence-corrected chi connectivity index (χ0v) is 51.2. The minimum Gasteiger partial charge on any atom is -0.479 e. The van der Waals surface area contributed by atoms with E-state index in [4.69, 9.17) is 19.3 Å². The highest BCUT2D eigenvalue weighted by Crippen LogP contribution is 2.67. The van der Waals surface area contributed by atoms with Crippen molar-refractivity contribution in [1.82, 2.24) is 0 Å². The maximum absolute atomic E-state index is 13.2. The third-order valence-corrected chi connectivity index (χ3v) is 25.8. The monoisotopic (exact) mass is 1110 g/mol. The van der Waals surface area contributed by atoms with Crippen LogP contribution in [0, 0.1) is 122 Å². The van der Waals surface area contributed by atoms with Crippen LogP contribution < -0.4 is 0 Å². The van der Waals surface area contributed by atoms with Crippen LogP contribution in [0.15, 0.2) is 0 Å². The van der Waals surface area contributed by atoms with E-state index in [1.807, 2.05) is 0 Å². The van der Waals surface area contributed by atoms with E-state index in [2.05, 4.69) is 76.2 Å². The fourth-order valence-corrected chi connectivity index (χ4v) is 21.2. The van der Waals surface area contributed by atoms with Crippen LogP contribution in [0.5, 0.6) is 0 Å². The number of rotatable bonds is 15. The average molecular weight is 1110 g/mol.